The summed E-state index contributed by atoms with van der Waals surface area (Å²) in [7, 11) is -3.05. The van der Waals surface area contributed by atoms with Gasteiger partial charge in [0.25, 0.3) is 0 Å². The fraction of sp³-hybridized carbons (Fsp3) is 0.700. The number of amides is 1. The third kappa shape index (κ3) is 4.32. The number of sulfone groups is 1. The number of hydrogen-bond acceptors (Lipinski definition) is 4. The minimum Gasteiger partial charge on any atom is -0.353 e. The molecule has 1 aliphatic rings. The summed E-state index contributed by atoms with van der Waals surface area (Å²) in [6, 6.07) is -0.0927. The molecule has 0 aromatic heterocycles. The molecule has 0 spiro atoms. The van der Waals surface area contributed by atoms with Crippen LogP contribution in [0.3, 0.4) is 0 Å². The summed E-state index contributed by atoms with van der Waals surface area (Å²) in [4.78, 5) is 11.4. The van der Waals surface area contributed by atoms with E-state index in [0.29, 0.717) is 0 Å². The molecule has 0 aliphatic carbocycles. The minimum atomic E-state index is -3.05. The Labute approximate surface area is 96.2 Å². The molecule has 0 saturated carbocycles. The van der Waals surface area contributed by atoms with Gasteiger partial charge >= 0.3 is 0 Å². The van der Waals surface area contributed by atoms with Crippen molar-refractivity contribution in [2.75, 3.05) is 12.3 Å². The second-order valence-electron chi connectivity index (χ2n) is 4.02. The van der Waals surface area contributed by atoms with E-state index in [-0.39, 0.29) is 30.3 Å². The lowest BCUT2D eigenvalue weighted by Gasteiger charge is -2.13. The maximum Gasteiger partial charge on any atom is 0.234 e. The molecule has 0 saturated heterocycles. The first-order valence-electron chi connectivity index (χ1n) is 5.36. The van der Waals surface area contributed by atoms with E-state index in [2.05, 4.69) is 10.6 Å². The standard InChI is InChI=1S/C10H18N2O3S/c1-3-8(2)12-10(13)6-11-9-4-5-16(14,15)7-9/h4-5,8-9,11H,3,6-7H2,1-2H3,(H,12,13). The van der Waals surface area contributed by atoms with Crippen LogP contribution in [0.15, 0.2) is 11.5 Å². The maximum atomic E-state index is 11.4. The molecule has 2 unspecified atom stereocenters. The summed E-state index contributed by atoms with van der Waals surface area (Å²) in [6.45, 7) is 4.07. The zero-order valence-electron chi connectivity index (χ0n) is 9.56. The van der Waals surface area contributed by atoms with Crippen LogP contribution in [-0.2, 0) is 14.6 Å². The Morgan fingerprint density at radius 3 is 2.75 bits per heavy atom. The molecule has 1 aliphatic heterocycles. The predicted octanol–water partition coefficient (Wildman–Crippen LogP) is -0.199. The van der Waals surface area contributed by atoms with Gasteiger partial charge in [0.15, 0.2) is 9.84 Å². The molecule has 0 fully saturated rings. The molecule has 0 bridgehead atoms. The molecule has 2 atom stereocenters. The third-order valence-electron chi connectivity index (χ3n) is 2.47. The molecular formula is C10H18N2O3S. The van der Waals surface area contributed by atoms with Crippen LogP contribution in [-0.4, -0.2) is 38.7 Å². The number of nitrogens with one attached hydrogen (secondary N) is 2. The summed E-state index contributed by atoms with van der Waals surface area (Å²) < 4.78 is 22.2. The van der Waals surface area contributed by atoms with Crippen LogP contribution in [0.25, 0.3) is 0 Å². The SMILES string of the molecule is CCC(C)NC(=O)CNC1C=CS(=O)(=O)C1. The van der Waals surface area contributed by atoms with Gasteiger partial charge in [-0.2, -0.15) is 0 Å². The van der Waals surface area contributed by atoms with Crippen molar-refractivity contribution < 1.29 is 13.2 Å². The smallest absolute Gasteiger partial charge is 0.234 e. The Morgan fingerprint density at radius 2 is 2.25 bits per heavy atom. The molecule has 1 heterocycles. The Morgan fingerprint density at radius 1 is 1.56 bits per heavy atom. The van der Waals surface area contributed by atoms with E-state index in [1.54, 1.807) is 6.08 Å². The molecule has 6 heteroatoms. The summed E-state index contributed by atoms with van der Waals surface area (Å²) in [5, 5.41) is 6.88. The van der Waals surface area contributed by atoms with E-state index < -0.39 is 9.84 Å². The van der Waals surface area contributed by atoms with Crippen LogP contribution in [0.4, 0.5) is 0 Å². The molecule has 0 radical (unpaired) electrons. The third-order valence-corrected chi connectivity index (χ3v) is 3.87. The second-order valence-corrected chi connectivity index (χ2v) is 5.95. The summed E-state index contributed by atoms with van der Waals surface area (Å²) in [6.07, 6.45) is 2.45. The van der Waals surface area contributed by atoms with Crippen molar-refractivity contribution in [2.24, 2.45) is 0 Å². The zero-order chi connectivity index (χ0) is 12.2. The lowest BCUT2D eigenvalue weighted by Crippen LogP contribution is -2.42. The van der Waals surface area contributed by atoms with Gasteiger partial charge in [0.2, 0.25) is 5.91 Å². The van der Waals surface area contributed by atoms with E-state index in [4.69, 9.17) is 0 Å². The fourth-order valence-electron chi connectivity index (χ4n) is 1.35. The van der Waals surface area contributed by atoms with Crippen LogP contribution >= 0.6 is 0 Å². The van der Waals surface area contributed by atoms with E-state index >= 15 is 0 Å². The van der Waals surface area contributed by atoms with Crippen LogP contribution in [0.1, 0.15) is 20.3 Å². The number of rotatable bonds is 5. The van der Waals surface area contributed by atoms with E-state index in [9.17, 15) is 13.2 Å². The first kappa shape index (κ1) is 13.2. The van der Waals surface area contributed by atoms with Gasteiger partial charge < -0.3 is 10.6 Å². The highest BCUT2D eigenvalue weighted by molar-refractivity contribution is 7.94. The molecule has 1 amide bonds. The van der Waals surface area contributed by atoms with Crippen molar-refractivity contribution in [2.45, 2.75) is 32.4 Å². The largest absolute Gasteiger partial charge is 0.353 e. The molecule has 1 rings (SSSR count). The summed E-state index contributed by atoms with van der Waals surface area (Å²) >= 11 is 0. The van der Waals surface area contributed by atoms with Gasteiger partial charge in [-0.1, -0.05) is 13.0 Å². The molecule has 92 valence electrons. The van der Waals surface area contributed by atoms with Crippen LogP contribution in [0.2, 0.25) is 0 Å². The molecular weight excluding hydrogens is 228 g/mol. The van der Waals surface area contributed by atoms with Crippen molar-refractivity contribution in [3.8, 4) is 0 Å². The quantitative estimate of drug-likeness (QED) is 0.704. The molecule has 2 N–H and O–H groups in total. The zero-order valence-corrected chi connectivity index (χ0v) is 10.4. The second kappa shape index (κ2) is 5.45. The molecule has 0 aromatic carbocycles. The van der Waals surface area contributed by atoms with Crippen LogP contribution < -0.4 is 10.6 Å². The first-order valence-corrected chi connectivity index (χ1v) is 7.08. The van der Waals surface area contributed by atoms with Crippen LogP contribution in [0, 0.1) is 0 Å². The van der Waals surface area contributed by atoms with Gasteiger partial charge in [-0.15, -0.1) is 0 Å². The van der Waals surface area contributed by atoms with Gasteiger partial charge in [-0.05, 0) is 13.3 Å². The Bertz CT molecular complexity index is 376. The van der Waals surface area contributed by atoms with Crippen LogP contribution in [0.5, 0.6) is 0 Å². The molecule has 5 nitrogen and oxygen atoms in total. The first-order chi connectivity index (χ1) is 7.43. The summed E-state index contributed by atoms with van der Waals surface area (Å²) in [5.74, 6) is -0.0593. The number of hydrogen-bond donors (Lipinski definition) is 2. The fourth-order valence-corrected chi connectivity index (χ4v) is 2.62. The van der Waals surface area contributed by atoms with E-state index in [0.717, 1.165) is 6.42 Å². The highest BCUT2D eigenvalue weighted by Gasteiger charge is 2.21. The lowest BCUT2D eigenvalue weighted by atomic mass is 10.2. The maximum absolute atomic E-state index is 11.4. The van der Waals surface area contributed by atoms with Crippen molar-refractivity contribution in [3.63, 3.8) is 0 Å². The van der Waals surface area contributed by atoms with Gasteiger partial charge in [0, 0.05) is 17.5 Å². The minimum absolute atomic E-state index is 0.0452. The van der Waals surface area contributed by atoms with Gasteiger partial charge in [-0.3, -0.25) is 4.79 Å². The molecule has 16 heavy (non-hydrogen) atoms. The number of carbonyl (C=O) groups is 1. The Balaban J connectivity index is 2.26. The van der Waals surface area contributed by atoms with E-state index in [1.807, 2.05) is 13.8 Å². The van der Waals surface area contributed by atoms with E-state index in [1.165, 1.54) is 5.41 Å². The highest BCUT2D eigenvalue weighted by atomic mass is 32.2. The lowest BCUT2D eigenvalue weighted by molar-refractivity contribution is -0.120. The number of carbonyl (C=O) groups excluding carboxylic acids is 1. The van der Waals surface area contributed by atoms with Gasteiger partial charge in [-0.25, -0.2) is 8.42 Å². The summed E-state index contributed by atoms with van der Waals surface area (Å²) in [5.41, 5.74) is 0. The Kier molecular flexibility index (Phi) is 4.49. The van der Waals surface area contributed by atoms with Crippen molar-refractivity contribution in [1.29, 1.82) is 0 Å². The van der Waals surface area contributed by atoms with Crippen molar-refractivity contribution in [1.82, 2.24) is 10.6 Å². The topological polar surface area (TPSA) is 75.3 Å². The Hall–Kier alpha value is -0.880. The predicted molar refractivity (Wildman–Crippen MR) is 62.6 cm³/mol. The van der Waals surface area contributed by atoms with Gasteiger partial charge in [0.1, 0.15) is 0 Å². The average Bonchev–Trinajstić information content (AvgIpc) is 2.55. The monoisotopic (exact) mass is 246 g/mol. The molecule has 0 aromatic rings. The highest BCUT2D eigenvalue weighted by Crippen LogP contribution is 2.07. The normalized spacial score (nSPS) is 24.2. The van der Waals surface area contributed by atoms with Crippen molar-refractivity contribution in [3.05, 3.63) is 11.5 Å². The van der Waals surface area contributed by atoms with Crippen molar-refractivity contribution >= 4 is 15.7 Å². The average molecular weight is 246 g/mol. The van der Waals surface area contributed by atoms with Gasteiger partial charge in [0.05, 0.1) is 12.3 Å².